The first-order valence-corrected chi connectivity index (χ1v) is 10.7. The molecule has 0 bridgehead atoms. The van der Waals surface area contributed by atoms with Gasteiger partial charge in [0, 0.05) is 15.8 Å². The number of nitrogens with one attached hydrogen (secondary N) is 1. The van der Waals surface area contributed by atoms with Crippen molar-refractivity contribution in [2.24, 2.45) is 5.73 Å². The number of fused-ring (bicyclic) bond motifs is 2. The molecule has 0 spiro atoms. The number of anilines is 1. The molecule has 4 aromatic rings. The van der Waals surface area contributed by atoms with Crippen molar-refractivity contribution in [3.63, 3.8) is 0 Å². The molecule has 7 heteroatoms. The van der Waals surface area contributed by atoms with Gasteiger partial charge in [-0.05, 0) is 54.7 Å². The van der Waals surface area contributed by atoms with Crippen molar-refractivity contribution < 1.29 is 14.0 Å². The maximum atomic E-state index is 12.8. The Bertz CT molecular complexity index is 1400. The van der Waals surface area contributed by atoms with E-state index in [0.29, 0.717) is 32.8 Å². The first-order valence-electron chi connectivity index (χ1n) is 9.90. The van der Waals surface area contributed by atoms with Gasteiger partial charge in [0.05, 0.1) is 11.1 Å². The van der Waals surface area contributed by atoms with Crippen molar-refractivity contribution in [1.29, 1.82) is 0 Å². The van der Waals surface area contributed by atoms with Crippen LogP contribution >= 0.6 is 11.3 Å². The molecule has 0 radical (unpaired) electrons. The first-order chi connectivity index (χ1) is 15.0. The van der Waals surface area contributed by atoms with Crippen LogP contribution in [0.25, 0.3) is 22.1 Å². The van der Waals surface area contributed by atoms with Crippen LogP contribution < -0.4 is 16.7 Å². The Balaban J connectivity index is 1.42. The fourth-order valence-corrected chi connectivity index (χ4v) is 5.28. The average molecular weight is 430 g/mol. The monoisotopic (exact) mass is 430 g/mol. The lowest BCUT2D eigenvalue weighted by Crippen LogP contribution is -2.17. The molecule has 2 amide bonds. The highest BCUT2D eigenvalue weighted by Gasteiger charge is 2.26. The molecule has 5 rings (SSSR count). The number of carbonyl (C=O) groups excluding carboxylic acids is 2. The first kappa shape index (κ1) is 19.3. The van der Waals surface area contributed by atoms with Crippen LogP contribution in [0, 0.1) is 0 Å². The van der Waals surface area contributed by atoms with E-state index in [2.05, 4.69) is 5.32 Å². The normalized spacial score (nSPS) is 12.6. The molecule has 0 aliphatic heterocycles. The topological polar surface area (TPSA) is 102 Å². The van der Waals surface area contributed by atoms with Crippen molar-refractivity contribution in [3.8, 4) is 11.1 Å². The number of benzene rings is 2. The van der Waals surface area contributed by atoms with E-state index in [-0.39, 0.29) is 5.91 Å². The Morgan fingerprint density at radius 3 is 2.58 bits per heavy atom. The third kappa shape index (κ3) is 3.43. The van der Waals surface area contributed by atoms with E-state index < -0.39 is 11.5 Å². The molecule has 0 unspecified atom stereocenters. The van der Waals surface area contributed by atoms with Crippen LogP contribution in [-0.2, 0) is 12.8 Å². The maximum absolute atomic E-state index is 12.8. The summed E-state index contributed by atoms with van der Waals surface area (Å²) >= 11 is 1.42. The van der Waals surface area contributed by atoms with Gasteiger partial charge in [0.25, 0.3) is 11.8 Å². The molecule has 31 heavy (non-hydrogen) atoms. The number of hydrogen-bond acceptors (Lipinski definition) is 5. The van der Waals surface area contributed by atoms with Crippen LogP contribution in [-0.4, -0.2) is 11.8 Å². The molecule has 3 N–H and O–H groups in total. The Morgan fingerprint density at radius 1 is 1.03 bits per heavy atom. The third-order valence-corrected chi connectivity index (χ3v) is 6.70. The number of para-hydroxylation sites is 1. The molecule has 1 aliphatic carbocycles. The smallest absolute Gasteiger partial charge is 0.344 e. The van der Waals surface area contributed by atoms with Crippen LogP contribution in [0.4, 0.5) is 5.00 Å². The predicted molar refractivity (Wildman–Crippen MR) is 121 cm³/mol. The standard InChI is InChI=1S/C24H18N2O4S/c25-21(27)20-16-5-3-7-19(16)31-23(20)26-22(28)14-10-8-13(9-11-14)17-12-15-4-1-2-6-18(15)30-24(17)29/h1-2,4,6,8-12H,3,5,7H2,(H2,25,27)(H,26,28). The van der Waals surface area contributed by atoms with Gasteiger partial charge in [0.1, 0.15) is 10.6 Å². The van der Waals surface area contributed by atoms with Crippen molar-refractivity contribution in [1.82, 2.24) is 0 Å². The number of primary amides is 1. The number of amides is 2. The van der Waals surface area contributed by atoms with Crippen molar-refractivity contribution >= 4 is 39.1 Å². The van der Waals surface area contributed by atoms with Crippen LogP contribution in [0.5, 0.6) is 0 Å². The summed E-state index contributed by atoms with van der Waals surface area (Å²) in [5.41, 5.74) is 8.54. The highest BCUT2D eigenvalue weighted by molar-refractivity contribution is 7.17. The summed E-state index contributed by atoms with van der Waals surface area (Å²) < 4.78 is 5.39. The highest BCUT2D eigenvalue weighted by Crippen LogP contribution is 2.39. The molecule has 0 fully saturated rings. The molecule has 0 saturated carbocycles. The summed E-state index contributed by atoms with van der Waals surface area (Å²) in [5, 5.41) is 4.16. The molecule has 1 aliphatic rings. The lowest BCUT2D eigenvalue weighted by atomic mass is 10.0. The largest absolute Gasteiger partial charge is 0.422 e. The van der Waals surface area contributed by atoms with Gasteiger partial charge in [0.2, 0.25) is 0 Å². The van der Waals surface area contributed by atoms with Gasteiger partial charge >= 0.3 is 5.63 Å². The van der Waals surface area contributed by atoms with Gasteiger partial charge in [-0.1, -0.05) is 30.3 Å². The molecule has 2 aromatic carbocycles. The Kier molecular flexibility index (Phi) is 4.67. The summed E-state index contributed by atoms with van der Waals surface area (Å²) in [6, 6.07) is 15.8. The summed E-state index contributed by atoms with van der Waals surface area (Å²) in [4.78, 5) is 38.2. The zero-order chi connectivity index (χ0) is 21.5. The highest BCUT2D eigenvalue weighted by atomic mass is 32.1. The third-order valence-electron chi connectivity index (χ3n) is 5.49. The van der Waals surface area contributed by atoms with E-state index in [1.165, 1.54) is 11.3 Å². The summed E-state index contributed by atoms with van der Waals surface area (Å²) in [6.07, 6.45) is 2.71. The van der Waals surface area contributed by atoms with Crippen molar-refractivity contribution in [2.45, 2.75) is 19.3 Å². The molecule has 2 aromatic heterocycles. The van der Waals surface area contributed by atoms with Crippen molar-refractivity contribution in [3.05, 3.63) is 86.6 Å². The molecule has 0 saturated heterocycles. The fourth-order valence-electron chi connectivity index (χ4n) is 3.99. The Morgan fingerprint density at radius 2 is 1.81 bits per heavy atom. The van der Waals surface area contributed by atoms with Gasteiger partial charge in [-0.25, -0.2) is 4.79 Å². The quantitative estimate of drug-likeness (QED) is 0.470. The zero-order valence-corrected chi connectivity index (χ0v) is 17.3. The van der Waals surface area contributed by atoms with Gasteiger partial charge < -0.3 is 15.5 Å². The number of thiophene rings is 1. The number of nitrogens with two attached hydrogens (primary N) is 1. The zero-order valence-electron chi connectivity index (χ0n) is 16.4. The summed E-state index contributed by atoms with van der Waals surface area (Å²) in [5.74, 6) is -0.854. The van der Waals surface area contributed by atoms with Crippen LogP contribution in [0.1, 0.15) is 37.6 Å². The van der Waals surface area contributed by atoms with Gasteiger partial charge in [0.15, 0.2) is 0 Å². The number of hydrogen-bond donors (Lipinski definition) is 2. The average Bonchev–Trinajstić information content (AvgIpc) is 3.34. The van der Waals surface area contributed by atoms with Crippen molar-refractivity contribution in [2.75, 3.05) is 5.32 Å². The number of rotatable bonds is 4. The molecule has 0 atom stereocenters. The van der Waals surface area contributed by atoms with E-state index in [1.54, 1.807) is 36.4 Å². The molecule has 6 nitrogen and oxygen atoms in total. The lowest BCUT2D eigenvalue weighted by Gasteiger charge is -2.07. The van der Waals surface area contributed by atoms with E-state index in [4.69, 9.17) is 10.2 Å². The molecular formula is C24H18N2O4S. The second-order valence-corrected chi connectivity index (χ2v) is 8.55. The second-order valence-electron chi connectivity index (χ2n) is 7.44. The summed E-state index contributed by atoms with van der Waals surface area (Å²) in [7, 11) is 0. The van der Waals surface area contributed by atoms with Crippen LogP contribution in [0.15, 0.2) is 63.8 Å². The second kappa shape index (κ2) is 7.52. The molecule has 154 valence electrons. The van der Waals surface area contributed by atoms with Gasteiger partial charge in [-0.3, -0.25) is 9.59 Å². The molecular weight excluding hydrogens is 412 g/mol. The minimum Gasteiger partial charge on any atom is -0.422 e. The Labute approximate surface area is 181 Å². The number of carbonyl (C=O) groups is 2. The van der Waals surface area contributed by atoms with Gasteiger partial charge in [-0.2, -0.15) is 0 Å². The lowest BCUT2D eigenvalue weighted by molar-refractivity contribution is 0.100. The minimum absolute atomic E-state index is 0.334. The Hall–Kier alpha value is -3.71. The van der Waals surface area contributed by atoms with Crippen LogP contribution in [0.3, 0.4) is 0 Å². The van der Waals surface area contributed by atoms with E-state index >= 15 is 0 Å². The predicted octanol–water partition coefficient (Wildman–Crippen LogP) is 4.36. The number of aryl methyl sites for hydroxylation is 1. The van der Waals surface area contributed by atoms with E-state index in [9.17, 15) is 14.4 Å². The SMILES string of the molecule is NC(=O)c1c(NC(=O)c2ccc(-c3cc4ccccc4oc3=O)cc2)sc2c1CCC2. The fraction of sp³-hybridized carbons (Fsp3) is 0.125. The molecule has 2 heterocycles. The summed E-state index contributed by atoms with van der Waals surface area (Å²) in [6.45, 7) is 0. The van der Waals surface area contributed by atoms with Gasteiger partial charge in [-0.15, -0.1) is 11.3 Å². The maximum Gasteiger partial charge on any atom is 0.344 e. The van der Waals surface area contributed by atoms with Crippen LogP contribution in [0.2, 0.25) is 0 Å². The van der Waals surface area contributed by atoms with E-state index in [1.807, 2.05) is 18.2 Å². The van der Waals surface area contributed by atoms with E-state index in [0.717, 1.165) is 35.1 Å². The minimum atomic E-state index is -0.520.